The molecule has 1 N–H and O–H groups in total. The first-order valence-electron chi connectivity index (χ1n) is 8.38. The van der Waals surface area contributed by atoms with Gasteiger partial charge in [-0.1, -0.05) is 43.0 Å². The molecule has 1 aromatic carbocycles. The number of rotatable bonds is 6. The highest BCUT2D eigenvalue weighted by Crippen LogP contribution is 2.30. The van der Waals surface area contributed by atoms with Crippen LogP contribution < -0.4 is 5.32 Å². The quantitative estimate of drug-likeness (QED) is 0.792. The number of nitrogens with zero attached hydrogens (tertiary/aromatic N) is 2. The van der Waals surface area contributed by atoms with E-state index in [0.29, 0.717) is 11.8 Å². The summed E-state index contributed by atoms with van der Waals surface area (Å²) in [5.41, 5.74) is 1.13. The standard InChI is InChI=1S/C18H22ClN3OS/c19-15-6-4-5-14(11-15)12-24-13-18(23)21-17-9-10-20-22(17)16-7-2-1-3-8-16/h4-6,9-11,16H,1-3,7-8,12-13H2,(H,21,23). The van der Waals surface area contributed by atoms with Crippen molar-refractivity contribution in [2.45, 2.75) is 43.9 Å². The number of nitrogens with one attached hydrogen (secondary N) is 1. The van der Waals surface area contributed by atoms with Gasteiger partial charge in [0.15, 0.2) is 0 Å². The molecule has 4 nitrogen and oxygen atoms in total. The fourth-order valence-electron chi connectivity index (χ4n) is 3.10. The number of amides is 1. The molecule has 0 saturated heterocycles. The third-order valence-corrected chi connectivity index (χ3v) is 5.49. The molecule has 0 radical (unpaired) electrons. The van der Waals surface area contributed by atoms with Gasteiger partial charge in [0.25, 0.3) is 0 Å². The Morgan fingerprint density at radius 1 is 1.29 bits per heavy atom. The van der Waals surface area contributed by atoms with Crippen LogP contribution in [0.3, 0.4) is 0 Å². The Morgan fingerprint density at radius 2 is 2.12 bits per heavy atom. The van der Waals surface area contributed by atoms with Gasteiger partial charge in [-0.05, 0) is 30.5 Å². The Bertz CT molecular complexity index is 682. The van der Waals surface area contributed by atoms with Crippen LogP contribution in [0.25, 0.3) is 0 Å². The second kappa shape index (κ2) is 8.58. The van der Waals surface area contributed by atoms with E-state index in [1.165, 1.54) is 19.3 Å². The van der Waals surface area contributed by atoms with Gasteiger partial charge in [-0.25, -0.2) is 4.68 Å². The molecule has 1 aliphatic rings. The number of aromatic nitrogens is 2. The van der Waals surface area contributed by atoms with Crippen LogP contribution in [0.5, 0.6) is 0 Å². The molecule has 0 aliphatic heterocycles. The maximum atomic E-state index is 12.2. The molecule has 6 heteroatoms. The van der Waals surface area contributed by atoms with E-state index >= 15 is 0 Å². The smallest absolute Gasteiger partial charge is 0.235 e. The summed E-state index contributed by atoms with van der Waals surface area (Å²) in [6.45, 7) is 0. The molecule has 1 aliphatic carbocycles. The molecule has 24 heavy (non-hydrogen) atoms. The molecule has 1 heterocycles. The lowest BCUT2D eigenvalue weighted by Gasteiger charge is -2.23. The predicted octanol–water partition coefficient (Wildman–Crippen LogP) is 4.91. The Morgan fingerprint density at radius 3 is 2.92 bits per heavy atom. The highest BCUT2D eigenvalue weighted by Gasteiger charge is 2.19. The van der Waals surface area contributed by atoms with Crippen molar-refractivity contribution in [1.29, 1.82) is 0 Å². The number of halogens is 1. The molecule has 1 amide bonds. The van der Waals surface area contributed by atoms with E-state index in [2.05, 4.69) is 10.4 Å². The number of carbonyl (C=O) groups is 1. The minimum atomic E-state index is 0.0135. The lowest BCUT2D eigenvalue weighted by molar-refractivity contribution is -0.113. The maximum absolute atomic E-state index is 12.2. The SMILES string of the molecule is O=C(CSCc1cccc(Cl)c1)Nc1ccnn1C1CCCCC1. The first kappa shape index (κ1) is 17.4. The first-order valence-corrected chi connectivity index (χ1v) is 9.91. The summed E-state index contributed by atoms with van der Waals surface area (Å²) < 4.78 is 1.98. The van der Waals surface area contributed by atoms with E-state index in [0.717, 1.165) is 35.0 Å². The van der Waals surface area contributed by atoms with Crippen molar-refractivity contribution in [2.24, 2.45) is 0 Å². The third-order valence-electron chi connectivity index (χ3n) is 4.25. The van der Waals surface area contributed by atoms with E-state index in [1.807, 2.05) is 35.0 Å². The molecule has 128 valence electrons. The Hall–Kier alpha value is -1.46. The van der Waals surface area contributed by atoms with Crippen LogP contribution in [0, 0.1) is 0 Å². The van der Waals surface area contributed by atoms with Crippen molar-refractivity contribution < 1.29 is 4.79 Å². The van der Waals surface area contributed by atoms with Gasteiger partial charge in [-0.2, -0.15) is 5.10 Å². The molecule has 2 aromatic rings. The van der Waals surface area contributed by atoms with Crippen molar-refractivity contribution in [1.82, 2.24) is 9.78 Å². The Labute approximate surface area is 152 Å². The highest BCUT2D eigenvalue weighted by atomic mass is 35.5. The van der Waals surface area contributed by atoms with Crippen molar-refractivity contribution in [3.05, 3.63) is 47.1 Å². The van der Waals surface area contributed by atoms with Crippen molar-refractivity contribution in [2.75, 3.05) is 11.1 Å². The first-order chi connectivity index (χ1) is 11.7. The van der Waals surface area contributed by atoms with Gasteiger partial charge < -0.3 is 5.32 Å². The van der Waals surface area contributed by atoms with Crippen LogP contribution in [0.15, 0.2) is 36.5 Å². The van der Waals surface area contributed by atoms with Gasteiger partial charge in [-0.3, -0.25) is 4.79 Å². The molecule has 0 unspecified atom stereocenters. The summed E-state index contributed by atoms with van der Waals surface area (Å²) in [5.74, 6) is 2.02. The number of hydrogen-bond donors (Lipinski definition) is 1. The van der Waals surface area contributed by atoms with Crippen LogP contribution in [0.1, 0.15) is 43.7 Å². The third kappa shape index (κ3) is 4.77. The van der Waals surface area contributed by atoms with Gasteiger partial charge in [-0.15, -0.1) is 11.8 Å². The molecule has 0 bridgehead atoms. The normalized spacial score (nSPS) is 15.4. The van der Waals surface area contributed by atoms with Crippen molar-refractivity contribution in [3.63, 3.8) is 0 Å². The van der Waals surface area contributed by atoms with E-state index in [1.54, 1.807) is 18.0 Å². The summed E-state index contributed by atoms with van der Waals surface area (Å²) in [5, 5.41) is 8.14. The summed E-state index contributed by atoms with van der Waals surface area (Å²) in [7, 11) is 0. The fraction of sp³-hybridized carbons (Fsp3) is 0.444. The number of hydrogen-bond acceptors (Lipinski definition) is 3. The lowest BCUT2D eigenvalue weighted by Crippen LogP contribution is -2.21. The largest absolute Gasteiger partial charge is 0.310 e. The Kier molecular flexibility index (Phi) is 6.21. The summed E-state index contributed by atoms with van der Waals surface area (Å²) in [6, 6.07) is 10.0. The van der Waals surface area contributed by atoms with Crippen LogP contribution >= 0.6 is 23.4 Å². The molecule has 1 aromatic heterocycles. The zero-order valence-corrected chi connectivity index (χ0v) is 15.2. The topological polar surface area (TPSA) is 46.9 Å². The molecule has 0 atom stereocenters. The van der Waals surface area contributed by atoms with E-state index in [-0.39, 0.29) is 5.91 Å². The number of thioether (sulfide) groups is 1. The summed E-state index contributed by atoms with van der Waals surface area (Å²) in [4.78, 5) is 12.2. The fourth-order valence-corrected chi connectivity index (χ4v) is 4.08. The monoisotopic (exact) mass is 363 g/mol. The van der Waals surface area contributed by atoms with Crippen LogP contribution in [-0.4, -0.2) is 21.4 Å². The van der Waals surface area contributed by atoms with Crippen LogP contribution in [-0.2, 0) is 10.5 Å². The highest BCUT2D eigenvalue weighted by molar-refractivity contribution is 7.99. The second-order valence-electron chi connectivity index (χ2n) is 6.12. The number of carbonyl (C=O) groups excluding carboxylic acids is 1. The molecular weight excluding hydrogens is 342 g/mol. The predicted molar refractivity (Wildman–Crippen MR) is 101 cm³/mol. The summed E-state index contributed by atoms with van der Waals surface area (Å²) >= 11 is 7.56. The molecule has 0 spiro atoms. The van der Waals surface area contributed by atoms with Gasteiger partial charge in [0.2, 0.25) is 5.91 Å². The van der Waals surface area contributed by atoms with E-state index in [4.69, 9.17) is 11.6 Å². The number of anilines is 1. The summed E-state index contributed by atoms with van der Waals surface area (Å²) in [6.07, 6.45) is 7.85. The van der Waals surface area contributed by atoms with E-state index in [9.17, 15) is 4.79 Å². The van der Waals surface area contributed by atoms with Gasteiger partial charge in [0.1, 0.15) is 5.82 Å². The molecular formula is C18H22ClN3OS. The van der Waals surface area contributed by atoms with E-state index < -0.39 is 0 Å². The molecule has 3 rings (SSSR count). The minimum Gasteiger partial charge on any atom is -0.310 e. The Balaban J connectivity index is 1.49. The average molecular weight is 364 g/mol. The van der Waals surface area contributed by atoms with Crippen LogP contribution in [0.4, 0.5) is 5.82 Å². The van der Waals surface area contributed by atoms with Crippen molar-refractivity contribution in [3.8, 4) is 0 Å². The van der Waals surface area contributed by atoms with Gasteiger partial charge in [0.05, 0.1) is 18.0 Å². The zero-order valence-electron chi connectivity index (χ0n) is 13.6. The average Bonchev–Trinajstić information content (AvgIpc) is 3.04. The number of benzene rings is 1. The zero-order chi connectivity index (χ0) is 16.8. The van der Waals surface area contributed by atoms with Gasteiger partial charge in [0, 0.05) is 16.8 Å². The minimum absolute atomic E-state index is 0.0135. The van der Waals surface area contributed by atoms with Crippen molar-refractivity contribution >= 4 is 35.1 Å². The maximum Gasteiger partial charge on any atom is 0.235 e. The molecule has 1 saturated carbocycles. The van der Waals surface area contributed by atoms with Crippen LogP contribution in [0.2, 0.25) is 5.02 Å². The second-order valence-corrected chi connectivity index (χ2v) is 7.55. The molecule has 1 fully saturated rings. The lowest BCUT2D eigenvalue weighted by atomic mass is 9.96. The van der Waals surface area contributed by atoms with Gasteiger partial charge >= 0.3 is 0 Å².